The summed E-state index contributed by atoms with van der Waals surface area (Å²) in [5.74, 6) is -0.510. The molecular formula is C77H150O17P2. The highest BCUT2D eigenvalue weighted by Gasteiger charge is 2.30. The number of carbonyl (C=O) groups excluding carboxylic acids is 4. The predicted octanol–water partition coefficient (Wildman–Crippen LogP) is 22.7. The summed E-state index contributed by atoms with van der Waals surface area (Å²) < 4.78 is 68.3. The van der Waals surface area contributed by atoms with Crippen molar-refractivity contribution in [1.29, 1.82) is 0 Å². The van der Waals surface area contributed by atoms with Crippen molar-refractivity contribution in [2.45, 2.75) is 419 Å². The Kier molecular flexibility index (Phi) is 67.4. The highest BCUT2D eigenvalue weighted by molar-refractivity contribution is 7.47. The van der Waals surface area contributed by atoms with Crippen LogP contribution < -0.4 is 0 Å². The molecule has 0 saturated heterocycles. The summed E-state index contributed by atoms with van der Waals surface area (Å²) in [4.78, 5) is 72.6. The summed E-state index contributed by atoms with van der Waals surface area (Å²) in [7, 11) is -9.90. The number of aliphatic hydroxyl groups is 1. The number of ether oxygens (including phenoxy) is 4. The van der Waals surface area contributed by atoms with Crippen LogP contribution in [0.1, 0.15) is 401 Å². The van der Waals surface area contributed by atoms with E-state index in [2.05, 4.69) is 41.5 Å². The van der Waals surface area contributed by atoms with Gasteiger partial charge in [0.25, 0.3) is 0 Å². The third kappa shape index (κ3) is 69.2. The van der Waals surface area contributed by atoms with Crippen LogP contribution in [0.5, 0.6) is 0 Å². The Hall–Kier alpha value is -1.94. The van der Waals surface area contributed by atoms with Crippen LogP contribution in [0.3, 0.4) is 0 Å². The molecule has 0 fully saturated rings. The van der Waals surface area contributed by atoms with Gasteiger partial charge in [-0.25, -0.2) is 9.13 Å². The smallest absolute Gasteiger partial charge is 0.462 e. The van der Waals surface area contributed by atoms with Gasteiger partial charge in [-0.1, -0.05) is 350 Å². The largest absolute Gasteiger partial charge is 0.472 e. The quantitative estimate of drug-likeness (QED) is 0.0222. The first-order chi connectivity index (χ1) is 46.4. The minimum absolute atomic E-state index is 0.106. The molecule has 3 unspecified atom stereocenters. The van der Waals surface area contributed by atoms with Crippen LogP contribution in [-0.4, -0.2) is 96.7 Å². The first kappa shape index (κ1) is 94.1. The monoisotopic (exact) mass is 1410 g/mol. The van der Waals surface area contributed by atoms with Crippen molar-refractivity contribution in [3.8, 4) is 0 Å². The average molecular weight is 1410 g/mol. The van der Waals surface area contributed by atoms with Crippen LogP contribution in [0, 0.1) is 11.8 Å². The van der Waals surface area contributed by atoms with E-state index < -0.39 is 97.5 Å². The van der Waals surface area contributed by atoms with Crippen molar-refractivity contribution < 1.29 is 80.2 Å². The van der Waals surface area contributed by atoms with E-state index in [-0.39, 0.29) is 25.7 Å². The van der Waals surface area contributed by atoms with E-state index >= 15 is 0 Å². The molecule has 19 heteroatoms. The Labute approximate surface area is 588 Å². The van der Waals surface area contributed by atoms with E-state index in [4.69, 9.17) is 37.0 Å². The molecule has 0 saturated carbocycles. The first-order valence-corrected chi connectivity index (χ1v) is 43.0. The van der Waals surface area contributed by atoms with Crippen LogP contribution in [0.15, 0.2) is 0 Å². The molecule has 0 aromatic carbocycles. The summed E-state index contributed by atoms with van der Waals surface area (Å²) >= 11 is 0. The van der Waals surface area contributed by atoms with Crippen LogP contribution in [0.2, 0.25) is 0 Å². The van der Waals surface area contributed by atoms with E-state index in [1.54, 1.807) is 0 Å². The molecule has 0 aliphatic rings. The van der Waals surface area contributed by atoms with Crippen molar-refractivity contribution in [1.82, 2.24) is 0 Å². The Balaban J connectivity index is 5.14. The molecule has 96 heavy (non-hydrogen) atoms. The van der Waals surface area contributed by atoms with E-state index in [0.717, 1.165) is 108 Å². The van der Waals surface area contributed by atoms with Crippen LogP contribution in [0.25, 0.3) is 0 Å². The zero-order valence-corrected chi connectivity index (χ0v) is 64.5. The second-order valence-electron chi connectivity index (χ2n) is 28.5. The van der Waals surface area contributed by atoms with E-state index in [0.29, 0.717) is 25.7 Å². The molecule has 0 amide bonds. The number of phosphoric acid groups is 2. The molecule has 570 valence electrons. The minimum Gasteiger partial charge on any atom is -0.462 e. The van der Waals surface area contributed by atoms with Crippen molar-refractivity contribution >= 4 is 39.5 Å². The van der Waals surface area contributed by atoms with E-state index in [1.165, 1.54) is 212 Å². The average Bonchev–Trinajstić information content (AvgIpc) is 1.14. The van der Waals surface area contributed by atoms with Crippen molar-refractivity contribution in [2.75, 3.05) is 39.6 Å². The maximum absolute atomic E-state index is 13.1. The van der Waals surface area contributed by atoms with Crippen LogP contribution in [-0.2, 0) is 65.4 Å². The van der Waals surface area contributed by atoms with Gasteiger partial charge in [-0.05, 0) is 37.5 Å². The zero-order valence-electron chi connectivity index (χ0n) is 62.7. The fourth-order valence-electron chi connectivity index (χ4n) is 11.8. The Bertz CT molecular complexity index is 1860. The molecule has 3 N–H and O–H groups in total. The van der Waals surface area contributed by atoms with Gasteiger partial charge < -0.3 is 33.8 Å². The number of unbranched alkanes of at least 4 members (excludes halogenated alkanes) is 45. The Morgan fingerprint density at radius 1 is 0.302 bits per heavy atom. The maximum Gasteiger partial charge on any atom is 0.472 e. The van der Waals surface area contributed by atoms with Crippen LogP contribution in [0.4, 0.5) is 0 Å². The fourth-order valence-corrected chi connectivity index (χ4v) is 13.4. The lowest BCUT2D eigenvalue weighted by molar-refractivity contribution is -0.161. The third-order valence-corrected chi connectivity index (χ3v) is 20.2. The molecule has 0 heterocycles. The summed E-state index contributed by atoms with van der Waals surface area (Å²) in [6.07, 6.45) is 57.3. The lowest BCUT2D eigenvalue weighted by Crippen LogP contribution is -2.30. The summed E-state index contributed by atoms with van der Waals surface area (Å²) in [5, 5.41) is 10.6. The fraction of sp³-hybridized carbons (Fsp3) is 0.948. The molecule has 0 aliphatic heterocycles. The number of hydrogen-bond donors (Lipinski definition) is 3. The third-order valence-electron chi connectivity index (χ3n) is 18.3. The second kappa shape index (κ2) is 68.8. The number of hydrogen-bond acceptors (Lipinski definition) is 15. The van der Waals surface area contributed by atoms with Gasteiger partial charge >= 0.3 is 39.5 Å². The normalized spacial score (nSPS) is 14.3. The van der Waals surface area contributed by atoms with E-state index in [9.17, 15) is 43.2 Å². The molecule has 0 radical (unpaired) electrons. The molecule has 0 rings (SSSR count). The SMILES string of the molecule is CCCCCCCCCCCCCCCCCCCCCC(=O)O[C@H](COC(=O)CCCCCCCCCCCCCCCCC(C)CC)COP(=O)(O)OC[C@@H](O)COP(=O)(O)OC[C@@H](COC(=O)CCCCCCC)OC(=O)CCCCCCCCCCCCCC(C)C. The molecular weight excluding hydrogens is 1260 g/mol. The van der Waals surface area contributed by atoms with E-state index in [1.807, 2.05) is 0 Å². The highest BCUT2D eigenvalue weighted by Crippen LogP contribution is 2.45. The zero-order chi connectivity index (χ0) is 70.7. The number of esters is 4. The van der Waals surface area contributed by atoms with Crippen LogP contribution >= 0.6 is 15.6 Å². The highest BCUT2D eigenvalue weighted by atomic mass is 31.2. The lowest BCUT2D eigenvalue weighted by atomic mass is 9.99. The first-order valence-electron chi connectivity index (χ1n) is 40.0. The van der Waals surface area contributed by atoms with Gasteiger partial charge in [0, 0.05) is 25.7 Å². The number of rotatable bonds is 76. The van der Waals surface area contributed by atoms with Gasteiger partial charge in [0.2, 0.25) is 0 Å². The minimum atomic E-state index is -4.96. The predicted molar refractivity (Wildman–Crippen MR) is 391 cm³/mol. The van der Waals surface area contributed by atoms with Gasteiger partial charge in [0.15, 0.2) is 12.2 Å². The number of aliphatic hydroxyl groups excluding tert-OH is 1. The van der Waals surface area contributed by atoms with Gasteiger partial charge in [-0.2, -0.15) is 0 Å². The van der Waals surface area contributed by atoms with Gasteiger partial charge in [-0.3, -0.25) is 37.3 Å². The van der Waals surface area contributed by atoms with Crippen molar-refractivity contribution in [3.63, 3.8) is 0 Å². The topological polar surface area (TPSA) is 237 Å². The molecule has 0 aliphatic carbocycles. The van der Waals surface area contributed by atoms with Gasteiger partial charge in [0.05, 0.1) is 26.4 Å². The molecule has 17 nitrogen and oxygen atoms in total. The number of carbonyl (C=O) groups is 4. The Morgan fingerprint density at radius 2 is 0.531 bits per heavy atom. The molecule has 0 aromatic rings. The molecule has 6 atom stereocenters. The summed E-state index contributed by atoms with van der Waals surface area (Å²) in [6, 6.07) is 0. The summed E-state index contributed by atoms with van der Waals surface area (Å²) in [6.45, 7) is 9.57. The molecule has 0 aromatic heterocycles. The second-order valence-corrected chi connectivity index (χ2v) is 31.4. The Morgan fingerprint density at radius 3 is 0.792 bits per heavy atom. The maximum atomic E-state index is 13.1. The van der Waals surface area contributed by atoms with Gasteiger partial charge in [0.1, 0.15) is 19.3 Å². The lowest BCUT2D eigenvalue weighted by Gasteiger charge is -2.21. The molecule has 0 bridgehead atoms. The number of phosphoric ester groups is 2. The molecule has 0 spiro atoms. The van der Waals surface area contributed by atoms with Crippen molar-refractivity contribution in [2.24, 2.45) is 11.8 Å². The summed E-state index contributed by atoms with van der Waals surface area (Å²) in [5.41, 5.74) is 0. The van der Waals surface area contributed by atoms with Gasteiger partial charge in [-0.15, -0.1) is 0 Å². The standard InChI is InChI=1S/C77H150O17P2/c1-7-10-12-14-15-16-17-18-19-20-21-22-23-28-33-38-43-49-55-61-77(82)94-73(66-88-75(80)60-54-48-42-37-32-27-25-24-26-31-36-41-47-52-58-70(6)9-3)68-92-96(85,86)90-64-71(78)63-89-95(83,84)91-67-72(65-87-74(79)59-53-45-13-11-8-2)93-76(81)62-56-50-44-39-34-29-30-35-40-46-51-57-69(4)5/h69-73,78H,7-68H2,1-6H3,(H,83,84)(H,85,86)/t70?,71-,72+,73+/m0/s1. The van der Waals surface area contributed by atoms with Crippen molar-refractivity contribution in [3.05, 3.63) is 0 Å².